The summed E-state index contributed by atoms with van der Waals surface area (Å²) in [6.45, 7) is 2.66. The molecule has 1 heterocycles. The standard InChI is InChI=1S/C16H18F3N3O2/c1-2-20-9-13-7-11(8-21-13)10-3-5-12(6-4-10)22-15(24)14(23)16(17,18)19/h3-6,8-9,13-14,21,23H,2,7H2,1H3,(H,22,24)/t13-,14?/m0/s1. The lowest BCUT2D eigenvalue weighted by molar-refractivity contribution is -0.202. The van der Waals surface area contributed by atoms with Crippen molar-refractivity contribution in [2.45, 2.75) is 31.7 Å². The molecule has 2 rings (SSSR count). The van der Waals surface area contributed by atoms with E-state index in [4.69, 9.17) is 5.11 Å². The molecule has 2 atom stereocenters. The number of aliphatic hydroxyl groups is 1. The number of nitrogens with zero attached hydrogens (tertiary/aromatic N) is 1. The molecule has 5 nitrogen and oxygen atoms in total. The first-order valence-electron chi connectivity index (χ1n) is 7.42. The Hall–Kier alpha value is -2.35. The largest absolute Gasteiger partial charge is 0.423 e. The van der Waals surface area contributed by atoms with Crippen molar-refractivity contribution in [3.8, 4) is 0 Å². The fourth-order valence-corrected chi connectivity index (χ4v) is 2.22. The maximum atomic E-state index is 12.3. The average Bonchev–Trinajstić information content (AvgIpc) is 3.00. The smallest absolute Gasteiger partial charge is 0.383 e. The van der Waals surface area contributed by atoms with Gasteiger partial charge in [-0.3, -0.25) is 9.79 Å². The molecule has 0 fully saturated rings. The van der Waals surface area contributed by atoms with Crippen molar-refractivity contribution in [1.29, 1.82) is 0 Å². The zero-order valence-corrected chi connectivity index (χ0v) is 13.0. The molecule has 0 bridgehead atoms. The topological polar surface area (TPSA) is 73.7 Å². The summed E-state index contributed by atoms with van der Waals surface area (Å²) in [5, 5.41) is 14.1. The normalized spacial score (nSPS) is 19.0. The number of nitrogens with one attached hydrogen (secondary N) is 2. The van der Waals surface area contributed by atoms with Gasteiger partial charge in [0, 0.05) is 24.6 Å². The van der Waals surface area contributed by atoms with Gasteiger partial charge in [0.25, 0.3) is 5.91 Å². The van der Waals surface area contributed by atoms with Crippen molar-refractivity contribution in [1.82, 2.24) is 5.32 Å². The lowest BCUT2D eigenvalue weighted by Gasteiger charge is -2.14. The first-order valence-corrected chi connectivity index (χ1v) is 7.42. The highest BCUT2D eigenvalue weighted by molar-refractivity contribution is 5.94. The summed E-state index contributed by atoms with van der Waals surface area (Å²) in [5.41, 5.74) is 2.11. The SMILES string of the molecule is CCN=C[C@@H]1CC(c2ccc(NC(=O)C(O)C(F)(F)F)cc2)=CN1. The second kappa shape index (κ2) is 7.48. The number of aliphatic imine (C=N–C) groups is 1. The van der Waals surface area contributed by atoms with Crippen LogP contribution in [-0.2, 0) is 4.79 Å². The average molecular weight is 341 g/mol. The van der Waals surface area contributed by atoms with Gasteiger partial charge in [0.2, 0.25) is 6.10 Å². The van der Waals surface area contributed by atoms with E-state index in [2.05, 4.69) is 10.3 Å². The summed E-state index contributed by atoms with van der Waals surface area (Å²) < 4.78 is 36.8. The summed E-state index contributed by atoms with van der Waals surface area (Å²) in [5.74, 6) is -1.51. The van der Waals surface area contributed by atoms with E-state index in [1.165, 1.54) is 12.1 Å². The summed E-state index contributed by atoms with van der Waals surface area (Å²) in [6, 6.07) is 6.50. The van der Waals surface area contributed by atoms with Gasteiger partial charge in [-0.1, -0.05) is 12.1 Å². The highest BCUT2D eigenvalue weighted by Gasteiger charge is 2.43. The number of alkyl halides is 3. The summed E-state index contributed by atoms with van der Waals surface area (Å²) in [6.07, 6.45) is -3.57. The van der Waals surface area contributed by atoms with Gasteiger partial charge in [-0.15, -0.1) is 0 Å². The number of aliphatic hydroxyl groups excluding tert-OH is 1. The maximum Gasteiger partial charge on any atom is 0.423 e. The third kappa shape index (κ3) is 4.58. The Morgan fingerprint density at radius 2 is 2.12 bits per heavy atom. The van der Waals surface area contributed by atoms with Gasteiger partial charge >= 0.3 is 6.18 Å². The molecule has 24 heavy (non-hydrogen) atoms. The molecule has 0 aromatic heterocycles. The van der Waals surface area contributed by atoms with Crippen LogP contribution in [-0.4, -0.2) is 42.1 Å². The predicted molar refractivity (Wildman–Crippen MR) is 85.7 cm³/mol. The van der Waals surface area contributed by atoms with E-state index in [1.54, 1.807) is 12.1 Å². The zero-order chi connectivity index (χ0) is 17.7. The number of hydrogen-bond acceptors (Lipinski definition) is 4. The van der Waals surface area contributed by atoms with E-state index < -0.39 is 18.2 Å². The highest BCUT2D eigenvalue weighted by atomic mass is 19.4. The molecule has 1 amide bonds. The third-order valence-corrected chi connectivity index (χ3v) is 3.46. The first-order chi connectivity index (χ1) is 11.3. The van der Waals surface area contributed by atoms with Gasteiger partial charge in [0.1, 0.15) is 0 Å². The molecule has 1 aliphatic heterocycles. The van der Waals surface area contributed by atoms with Crippen molar-refractivity contribution in [3.63, 3.8) is 0 Å². The molecule has 1 aromatic rings. The molecule has 0 saturated carbocycles. The molecule has 0 aliphatic carbocycles. The van der Waals surface area contributed by atoms with Gasteiger partial charge in [-0.05, 0) is 36.6 Å². The Morgan fingerprint density at radius 3 is 2.71 bits per heavy atom. The van der Waals surface area contributed by atoms with Crippen LogP contribution in [0.15, 0.2) is 35.5 Å². The van der Waals surface area contributed by atoms with Gasteiger partial charge in [-0.25, -0.2) is 0 Å². The van der Waals surface area contributed by atoms with Crippen LogP contribution in [0.4, 0.5) is 18.9 Å². The Balaban J connectivity index is 1.97. The van der Waals surface area contributed by atoms with Crippen LogP contribution >= 0.6 is 0 Å². The van der Waals surface area contributed by atoms with Crippen LogP contribution in [0.25, 0.3) is 5.57 Å². The predicted octanol–water partition coefficient (Wildman–Crippen LogP) is 2.34. The summed E-state index contributed by atoms with van der Waals surface area (Å²) in [4.78, 5) is 15.5. The van der Waals surface area contributed by atoms with Crippen molar-refractivity contribution >= 4 is 23.4 Å². The number of carbonyl (C=O) groups is 1. The number of benzene rings is 1. The summed E-state index contributed by atoms with van der Waals surface area (Å²) in [7, 11) is 0. The Labute approximate surface area is 137 Å². The van der Waals surface area contributed by atoms with E-state index >= 15 is 0 Å². The van der Waals surface area contributed by atoms with Crippen LogP contribution in [0.2, 0.25) is 0 Å². The Bertz CT molecular complexity index is 639. The van der Waals surface area contributed by atoms with E-state index in [0.29, 0.717) is 6.54 Å². The van der Waals surface area contributed by atoms with Crippen LogP contribution in [0, 0.1) is 0 Å². The van der Waals surface area contributed by atoms with E-state index in [0.717, 1.165) is 17.6 Å². The lowest BCUT2D eigenvalue weighted by atomic mass is 10.0. The minimum atomic E-state index is -4.99. The van der Waals surface area contributed by atoms with Crippen molar-refractivity contribution < 1.29 is 23.1 Å². The number of carbonyl (C=O) groups excluding carboxylic acids is 1. The first kappa shape index (κ1) is 18.0. The Kier molecular flexibility index (Phi) is 5.61. The van der Waals surface area contributed by atoms with E-state index in [9.17, 15) is 18.0 Å². The minimum absolute atomic E-state index is 0.126. The van der Waals surface area contributed by atoms with E-state index in [-0.39, 0.29) is 11.7 Å². The van der Waals surface area contributed by atoms with E-state index in [1.807, 2.05) is 24.7 Å². The van der Waals surface area contributed by atoms with Crippen LogP contribution in [0.5, 0.6) is 0 Å². The number of rotatable bonds is 5. The molecule has 1 unspecified atom stereocenters. The Morgan fingerprint density at radius 1 is 1.46 bits per heavy atom. The number of amides is 1. The lowest BCUT2D eigenvalue weighted by Crippen LogP contribution is -2.40. The fourth-order valence-electron chi connectivity index (χ4n) is 2.22. The van der Waals surface area contributed by atoms with Crippen molar-refractivity contribution in [3.05, 3.63) is 36.0 Å². The van der Waals surface area contributed by atoms with Gasteiger partial charge in [0.15, 0.2) is 0 Å². The number of anilines is 1. The van der Waals surface area contributed by atoms with Gasteiger partial charge < -0.3 is 15.7 Å². The van der Waals surface area contributed by atoms with Crippen LogP contribution < -0.4 is 10.6 Å². The second-order valence-corrected chi connectivity index (χ2v) is 5.31. The number of halogens is 3. The van der Waals surface area contributed by atoms with Crippen molar-refractivity contribution in [2.24, 2.45) is 4.99 Å². The van der Waals surface area contributed by atoms with Gasteiger partial charge in [0.05, 0.1) is 6.04 Å². The maximum absolute atomic E-state index is 12.3. The highest BCUT2D eigenvalue weighted by Crippen LogP contribution is 2.25. The van der Waals surface area contributed by atoms with Gasteiger partial charge in [-0.2, -0.15) is 13.2 Å². The summed E-state index contributed by atoms with van der Waals surface area (Å²) >= 11 is 0. The molecular weight excluding hydrogens is 323 g/mol. The quantitative estimate of drug-likeness (QED) is 0.720. The molecule has 0 spiro atoms. The van der Waals surface area contributed by atoms with Crippen LogP contribution in [0.1, 0.15) is 18.9 Å². The zero-order valence-electron chi connectivity index (χ0n) is 13.0. The molecular formula is C16H18F3N3O2. The number of hydrogen-bond donors (Lipinski definition) is 3. The molecule has 1 aliphatic rings. The molecule has 130 valence electrons. The fraction of sp³-hybridized carbons (Fsp3) is 0.375. The second-order valence-electron chi connectivity index (χ2n) is 5.31. The monoisotopic (exact) mass is 341 g/mol. The molecule has 1 aromatic carbocycles. The van der Waals surface area contributed by atoms with Crippen molar-refractivity contribution in [2.75, 3.05) is 11.9 Å². The molecule has 3 N–H and O–H groups in total. The molecule has 0 saturated heterocycles. The van der Waals surface area contributed by atoms with Crippen LogP contribution in [0.3, 0.4) is 0 Å². The molecule has 0 radical (unpaired) electrons. The third-order valence-electron chi connectivity index (χ3n) is 3.46. The molecule has 8 heteroatoms. The minimum Gasteiger partial charge on any atom is -0.383 e.